The summed E-state index contributed by atoms with van der Waals surface area (Å²) >= 11 is 0. The second-order valence-electron chi connectivity index (χ2n) is 7.14. The summed E-state index contributed by atoms with van der Waals surface area (Å²) in [5.41, 5.74) is 0.803. The van der Waals surface area contributed by atoms with Gasteiger partial charge >= 0.3 is 16.4 Å². The van der Waals surface area contributed by atoms with Crippen molar-refractivity contribution < 1.29 is 36.5 Å². The van der Waals surface area contributed by atoms with Gasteiger partial charge in [0.1, 0.15) is 24.2 Å². The fraction of sp³-hybridized carbons (Fsp3) is 0.611. The number of rotatable bonds is 5. The molecule has 4 rings (SSSR count). The zero-order chi connectivity index (χ0) is 20.5. The first-order chi connectivity index (χ1) is 13.2. The molecule has 3 saturated heterocycles. The average molecular weight is 415 g/mol. The minimum atomic E-state index is -4.16. The third-order valence-electron chi connectivity index (χ3n) is 5.54. The first-order valence-electron chi connectivity index (χ1n) is 9.02. The number of benzene rings is 1. The number of aliphatic hydroxyl groups is 1. The number of likely N-dealkylation sites (N-methyl/N-ethyl adjacent to an activating group) is 1. The van der Waals surface area contributed by atoms with Crippen molar-refractivity contribution >= 4 is 16.4 Å². The Morgan fingerprint density at radius 1 is 1.25 bits per heavy atom. The van der Waals surface area contributed by atoms with Crippen molar-refractivity contribution in [1.82, 2.24) is 4.90 Å². The molecule has 3 heterocycles. The number of hydrogen-bond donors (Lipinski definition) is 2. The number of esters is 1. The van der Waals surface area contributed by atoms with E-state index in [1.165, 1.54) is 0 Å². The second kappa shape index (κ2) is 8.44. The molecule has 1 aromatic rings. The van der Waals surface area contributed by atoms with Gasteiger partial charge in [-0.3, -0.25) is 18.4 Å². The smallest absolute Gasteiger partial charge is 0.397 e. The van der Waals surface area contributed by atoms with E-state index in [0.717, 1.165) is 25.5 Å². The topological polar surface area (TPSA) is 126 Å². The summed E-state index contributed by atoms with van der Waals surface area (Å²) in [7, 11) is -1.16. The van der Waals surface area contributed by atoms with Gasteiger partial charge in [0.2, 0.25) is 0 Å². The summed E-state index contributed by atoms with van der Waals surface area (Å²) in [5.74, 6) is -0.915. The fourth-order valence-electron chi connectivity index (χ4n) is 4.04. The molecule has 3 fully saturated rings. The summed E-state index contributed by atoms with van der Waals surface area (Å²) in [6, 6.07) is 10.1. The molecule has 5 atom stereocenters. The van der Waals surface area contributed by atoms with Crippen molar-refractivity contribution in [3.63, 3.8) is 0 Å². The highest BCUT2D eigenvalue weighted by atomic mass is 32.3. The first-order valence-corrected chi connectivity index (χ1v) is 10.4. The molecule has 0 aromatic heterocycles. The van der Waals surface area contributed by atoms with E-state index in [0.29, 0.717) is 24.3 Å². The largest absolute Gasteiger partial charge is 0.462 e. The van der Waals surface area contributed by atoms with E-state index in [9.17, 15) is 18.3 Å². The molecule has 0 spiro atoms. The number of hydrogen-bond acceptors (Lipinski definition) is 8. The van der Waals surface area contributed by atoms with E-state index in [-0.39, 0.29) is 18.7 Å². The molecule has 0 radical (unpaired) electrons. The zero-order valence-corrected chi connectivity index (χ0v) is 16.5. The van der Waals surface area contributed by atoms with E-state index < -0.39 is 16.3 Å². The Balaban J connectivity index is 0.000000330. The molecule has 3 aliphatic rings. The number of morpholine rings is 1. The monoisotopic (exact) mass is 415 g/mol. The number of aliphatic hydroxyl groups excluding tert-OH is 1. The van der Waals surface area contributed by atoms with Crippen molar-refractivity contribution in [2.75, 3.05) is 20.8 Å². The van der Waals surface area contributed by atoms with Crippen molar-refractivity contribution in [3.8, 4) is 0 Å². The standard InChI is InChI=1S/C17H21NO4.CH4O4S/c1-18-13-7-11(8-14(18)16-15(13)22-16)21-17(20)12(9-19)10-5-3-2-4-6-10;1-5-6(2,3)4/h2-6,11-16,19H,7-9H2,1H3;1H3,(H,2,3,4)/t11?,12-,13?,14?,15?,16?;/m1./s1. The fourth-order valence-corrected chi connectivity index (χ4v) is 4.04. The van der Waals surface area contributed by atoms with Crippen LogP contribution < -0.4 is 0 Å². The van der Waals surface area contributed by atoms with Crippen LogP contribution in [0.1, 0.15) is 24.3 Å². The lowest BCUT2D eigenvalue weighted by molar-refractivity contribution is -0.156. The Hall–Kier alpha value is -1.56. The maximum Gasteiger partial charge on any atom is 0.397 e. The molecule has 10 heteroatoms. The molecule has 1 aromatic carbocycles. The van der Waals surface area contributed by atoms with Gasteiger partial charge in [0.25, 0.3) is 0 Å². The highest BCUT2D eigenvalue weighted by molar-refractivity contribution is 7.80. The zero-order valence-electron chi connectivity index (χ0n) is 15.7. The molecule has 0 aliphatic carbocycles. The van der Waals surface area contributed by atoms with Crippen LogP contribution >= 0.6 is 0 Å². The molecular weight excluding hydrogens is 390 g/mol. The van der Waals surface area contributed by atoms with E-state index in [1.807, 2.05) is 30.3 Å². The van der Waals surface area contributed by atoms with Crippen molar-refractivity contribution in [2.45, 2.75) is 49.2 Å². The molecule has 0 amide bonds. The molecule has 9 nitrogen and oxygen atoms in total. The Labute approximate surface area is 164 Å². The number of piperidine rings is 1. The van der Waals surface area contributed by atoms with Crippen LogP contribution in [0.4, 0.5) is 0 Å². The lowest BCUT2D eigenvalue weighted by Gasteiger charge is -2.38. The van der Waals surface area contributed by atoms with Crippen LogP contribution in [0.5, 0.6) is 0 Å². The number of carbonyl (C=O) groups is 1. The van der Waals surface area contributed by atoms with Gasteiger partial charge in [-0.15, -0.1) is 0 Å². The van der Waals surface area contributed by atoms with Gasteiger partial charge in [-0.05, 0) is 12.6 Å². The highest BCUT2D eigenvalue weighted by Crippen LogP contribution is 2.48. The van der Waals surface area contributed by atoms with Crippen LogP contribution in [-0.4, -0.2) is 80.1 Å². The normalized spacial score (nSPS) is 31.9. The van der Waals surface area contributed by atoms with Crippen LogP contribution in [0.15, 0.2) is 30.3 Å². The Morgan fingerprint density at radius 2 is 1.79 bits per heavy atom. The first kappa shape index (κ1) is 21.2. The summed E-state index contributed by atoms with van der Waals surface area (Å²) in [6.07, 6.45) is 2.26. The Bertz CT molecular complexity index is 768. The van der Waals surface area contributed by atoms with Crippen molar-refractivity contribution in [2.24, 2.45) is 0 Å². The van der Waals surface area contributed by atoms with Gasteiger partial charge < -0.3 is 14.6 Å². The van der Waals surface area contributed by atoms with Gasteiger partial charge in [0.05, 0.1) is 13.7 Å². The van der Waals surface area contributed by atoms with Crippen LogP contribution in [0.3, 0.4) is 0 Å². The summed E-state index contributed by atoms with van der Waals surface area (Å²) in [5, 5.41) is 9.56. The SMILES string of the molecule is CN1C2CC(OC(=O)[C@H](CO)c3ccccc3)CC1C1OC12.COS(=O)(=O)O. The summed E-state index contributed by atoms with van der Waals surface area (Å²) in [6.45, 7) is -0.226. The second-order valence-corrected chi connectivity index (χ2v) is 8.32. The summed E-state index contributed by atoms with van der Waals surface area (Å²) in [4.78, 5) is 14.8. The van der Waals surface area contributed by atoms with Gasteiger partial charge in [-0.1, -0.05) is 30.3 Å². The van der Waals surface area contributed by atoms with Crippen molar-refractivity contribution in [1.29, 1.82) is 0 Å². The predicted molar refractivity (Wildman–Crippen MR) is 97.9 cm³/mol. The van der Waals surface area contributed by atoms with E-state index in [1.54, 1.807) is 0 Å². The molecule has 28 heavy (non-hydrogen) atoms. The third-order valence-corrected chi connectivity index (χ3v) is 5.96. The van der Waals surface area contributed by atoms with E-state index in [4.69, 9.17) is 14.0 Å². The van der Waals surface area contributed by atoms with Gasteiger partial charge in [-0.2, -0.15) is 8.42 Å². The molecule has 3 aliphatic heterocycles. The molecule has 2 bridgehead atoms. The van der Waals surface area contributed by atoms with Crippen LogP contribution in [0, 0.1) is 0 Å². The van der Waals surface area contributed by atoms with Gasteiger partial charge in [0.15, 0.2) is 0 Å². The third kappa shape index (κ3) is 4.70. The predicted octanol–water partition coefficient (Wildman–Crippen LogP) is 0.354. The summed E-state index contributed by atoms with van der Waals surface area (Å²) < 4.78 is 41.1. The van der Waals surface area contributed by atoms with E-state index in [2.05, 4.69) is 16.1 Å². The van der Waals surface area contributed by atoms with Gasteiger partial charge in [0, 0.05) is 24.9 Å². The minimum absolute atomic E-state index is 0.0622. The minimum Gasteiger partial charge on any atom is -0.462 e. The van der Waals surface area contributed by atoms with Crippen molar-refractivity contribution in [3.05, 3.63) is 35.9 Å². The maximum atomic E-state index is 12.4. The number of carbonyl (C=O) groups excluding carboxylic acids is 1. The molecule has 0 saturated carbocycles. The molecule has 156 valence electrons. The lowest BCUT2D eigenvalue weighted by Crippen LogP contribution is -2.48. The Morgan fingerprint density at radius 3 is 2.25 bits per heavy atom. The molecule has 4 unspecified atom stereocenters. The number of nitrogens with zero attached hydrogens (tertiary/aromatic N) is 1. The quantitative estimate of drug-likeness (QED) is 0.398. The number of epoxide rings is 1. The van der Waals surface area contributed by atoms with Gasteiger partial charge in [-0.25, -0.2) is 0 Å². The lowest BCUT2D eigenvalue weighted by atomic mass is 9.97. The Kier molecular flexibility index (Phi) is 6.37. The number of fused-ring (bicyclic) bond motifs is 5. The van der Waals surface area contributed by atoms with Crippen LogP contribution in [-0.2, 0) is 28.9 Å². The molecule has 2 N–H and O–H groups in total. The maximum absolute atomic E-state index is 12.4. The number of ether oxygens (including phenoxy) is 2. The highest BCUT2D eigenvalue weighted by Gasteiger charge is 2.62. The molecular formula is C18H25NO8S. The average Bonchev–Trinajstić information content (AvgIpc) is 3.41. The van der Waals surface area contributed by atoms with Crippen LogP contribution in [0.25, 0.3) is 0 Å². The van der Waals surface area contributed by atoms with Crippen LogP contribution in [0.2, 0.25) is 0 Å². The van der Waals surface area contributed by atoms with E-state index >= 15 is 0 Å².